The summed E-state index contributed by atoms with van der Waals surface area (Å²) in [6, 6.07) is -10.0. The first-order chi connectivity index (χ1) is 42.6. The molecule has 30 heteroatoms. The van der Waals surface area contributed by atoms with Crippen LogP contribution in [0.5, 0.6) is 0 Å². The third kappa shape index (κ3) is 13.8. The number of nitrogens with two attached hydrogens (primary N) is 1. The van der Waals surface area contributed by atoms with E-state index in [1.54, 1.807) is 55.4 Å². The second kappa shape index (κ2) is 27.7. The highest BCUT2D eigenvalue weighted by Gasteiger charge is 2.50. The summed E-state index contributed by atoms with van der Waals surface area (Å²) in [4.78, 5) is 198. The van der Waals surface area contributed by atoms with E-state index in [0.29, 0.717) is 12.0 Å². The Morgan fingerprint density at radius 2 is 1.31 bits per heavy atom. The third-order valence-electron chi connectivity index (χ3n) is 17.6. The molecule has 0 unspecified atom stereocenters. The molecule has 1 aliphatic carbocycles. The number of benzene rings is 2. The number of nitrogens with zero attached hydrogens (tertiary/aromatic N) is 7. The maximum absolute atomic E-state index is 15.1. The summed E-state index contributed by atoms with van der Waals surface area (Å²) in [6.07, 6.45) is -4.32. The molecule has 0 bridgehead atoms. The van der Waals surface area contributed by atoms with Gasteiger partial charge in [-0.2, -0.15) is 0 Å². The predicted octanol–water partition coefficient (Wildman–Crippen LogP) is -1.58. The number of hydrogen-bond acceptors (Lipinski definition) is 20. The van der Waals surface area contributed by atoms with Gasteiger partial charge in [-0.1, -0.05) is 47.6 Å². The van der Waals surface area contributed by atoms with Crippen molar-refractivity contribution in [2.24, 2.45) is 17.8 Å². The SMILES string of the molecule is Cc1c2oc3c(C)ccc(C(=O)N[C@@H]4C(=O)N[C@H](C(C)C)C(=O)N5[C@H](C(=O)N(C)CC(=O)N(C)[C@@H](C(C)C)C(=O)O[C@@H]4C)[C@@H](O)C[C@@H]5C)c3nc-2c(C(=O)N[C@@H]2C(=O)N[C@H](C(C)C)C(=O)N3CCC[C@H]3C(=O)N(C)CC(=O)N(C)[C@@H](C)C(=O)O[C@@H]2CO)c(N)c1=O. The van der Waals surface area contributed by atoms with Crippen LogP contribution in [0.25, 0.3) is 22.6 Å². The van der Waals surface area contributed by atoms with Crippen molar-refractivity contribution in [3.8, 4) is 11.5 Å². The number of aryl methyl sites for hydroxylation is 1. The first-order valence-electron chi connectivity index (χ1n) is 30.3. The molecule has 0 spiro atoms. The molecular formula is C61H84N12O18. The zero-order valence-electron chi connectivity index (χ0n) is 53.9. The molecular weight excluding hydrogens is 1190 g/mol. The number of rotatable bonds is 8. The summed E-state index contributed by atoms with van der Waals surface area (Å²) in [5.41, 5.74) is 2.94. The second-order valence-corrected chi connectivity index (χ2v) is 25.2. The minimum atomic E-state index is -2.13. The largest absolute Gasteiger partial charge is 0.458 e. The maximum atomic E-state index is 15.1. The molecule has 1 aromatic rings. The lowest BCUT2D eigenvalue weighted by Crippen LogP contribution is -2.62. The van der Waals surface area contributed by atoms with Crippen LogP contribution in [0.4, 0.5) is 5.69 Å². The fourth-order valence-electron chi connectivity index (χ4n) is 12.0. The van der Waals surface area contributed by atoms with Gasteiger partial charge in [0, 0.05) is 46.3 Å². The van der Waals surface area contributed by atoms with Crippen LogP contribution in [0.2, 0.25) is 0 Å². The van der Waals surface area contributed by atoms with Gasteiger partial charge in [-0.25, -0.2) is 14.6 Å². The van der Waals surface area contributed by atoms with Crippen LogP contribution in [0.1, 0.15) is 113 Å². The Hall–Kier alpha value is -8.80. The Balaban J connectivity index is 1.33. The first-order valence-corrected chi connectivity index (χ1v) is 30.3. The van der Waals surface area contributed by atoms with E-state index in [4.69, 9.17) is 24.6 Å². The van der Waals surface area contributed by atoms with Gasteiger partial charge in [-0.15, -0.1) is 0 Å². The fraction of sp³-hybridized carbons (Fsp3) is 0.607. The van der Waals surface area contributed by atoms with Gasteiger partial charge >= 0.3 is 11.9 Å². The van der Waals surface area contributed by atoms with E-state index in [9.17, 15) is 63.0 Å². The van der Waals surface area contributed by atoms with Crippen LogP contribution in [0.3, 0.4) is 0 Å². The number of nitrogen functional groups attached to an aromatic ring is 1. The topological polar surface area (TPSA) is 400 Å². The quantitative estimate of drug-likeness (QED) is 0.0760. The summed E-state index contributed by atoms with van der Waals surface area (Å²) in [6.45, 7) is 14.7. The molecule has 496 valence electrons. The number of aromatic nitrogens is 1. The van der Waals surface area contributed by atoms with Crippen molar-refractivity contribution < 1.29 is 81.6 Å². The van der Waals surface area contributed by atoms with Crippen molar-refractivity contribution >= 4 is 87.8 Å². The van der Waals surface area contributed by atoms with E-state index in [2.05, 4.69) is 21.3 Å². The number of carbonyl (C=O) groups excluding carboxylic acids is 12. The van der Waals surface area contributed by atoms with Crippen molar-refractivity contribution in [3.63, 3.8) is 0 Å². The molecule has 12 atom stereocenters. The average Bonchev–Trinajstić information content (AvgIpc) is 1.36. The Bertz CT molecular complexity index is 3460. The predicted molar refractivity (Wildman–Crippen MR) is 324 cm³/mol. The van der Waals surface area contributed by atoms with Gasteiger partial charge in [-0.3, -0.25) is 52.7 Å². The monoisotopic (exact) mass is 1270 g/mol. The number of aliphatic hydroxyl groups is 2. The van der Waals surface area contributed by atoms with Crippen molar-refractivity contribution in [1.29, 1.82) is 0 Å². The summed E-state index contributed by atoms with van der Waals surface area (Å²) in [7, 11) is 5.28. The van der Waals surface area contributed by atoms with Crippen molar-refractivity contribution in [3.05, 3.63) is 44.6 Å². The summed E-state index contributed by atoms with van der Waals surface area (Å²) in [5, 5.41) is 32.5. The van der Waals surface area contributed by atoms with E-state index in [1.807, 2.05) is 0 Å². The normalized spacial score (nSPS) is 27.6. The van der Waals surface area contributed by atoms with Gasteiger partial charge in [0.05, 0.1) is 42.6 Å². The molecule has 1 aromatic carbocycles. The van der Waals surface area contributed by atoms with Crippen LogP contribution in [0, 0.1) is 31.6 Å². The van der Waals surface area contributed by atoms with Gasteiger partial charge in [-0.05, 0) is 83.3 Å². The van der Waals surface area contributed by atoms with Crippen LogP contribution >= 0.6 is 0 Å². The average molecular weight is 1270 g/mol. The number of anilines is 1. The molecule has 5 heterocycles. The van der Waals surface area contributed by atoms with Crippen LogP contribution < -0.4 is 32.4 Å². The van der Waals surface area contributed by atoms with E-state index >= 15 is 9.59 Å². The van der Waals surface area contributed by atoms with E-state index in [1.165, 1.54) is 70.9 Å². The van der Waals surface area contributed by atoms with Gasteiger partial charge in [0.1, 0.15) is 65.6 Å². The highest BCUT2D eigenvalue weighted by Crippen LogP contribution is 2.36. The minimum Gasteiger partial charge on any atom is -0.458 e. The number of carbonyl (C=O) groups is 12. The Morgan fingerprint density at radius 1 is 0.736 bits per heavy atom. The fourth-order valence-corrected chi connectivity index (χ4v) is 12.0. The Kier molecular flexibility index (Phi) is 21.2. The number of ether oxygens (including phenoxy) is 2. The highest BCUT2D eigenvalue weighted by atomic mass is 16.6. The number of cyclic esters (lactones) is 2. The van der Waals surface area contributed by atoms with Crippen molar-refractivity contribution in [2.45, 2.75) is 168 Å². The Morgan fingerprint density at radius 3 is 1.90 bits per heavy atom. The lowest BCUT2D eigenvalue weighted by Gasteiger charge is -2.37. The number of aliphatic hydroxyl groups excluding tert-OH is 2. The van der Waals surface area contributed by atoms with Gasteiger partial charge < -0.3 is 80.5 Å². The zero-order chi connectivity index (χ0) is 67.8. The maximum Gasteiger partial charge on any atom is 0.329 e. The Labute approximate surface area is 525 Å². The van der Waals surface area contributed by atoms with Crippen molar-refractivity contribution in [1.82, 2.24) is 55.7 Å². The number of fused-ring (bicyclic) bond motifs is 4. The number of hydrogen-bond donors (Lipinski definition) is 7. The molecule has 4 fully saturated rings. The van der Waals surface area contributed by atoms with Crippen molar-refractivity contribution in [2.75, 3.05) is 60.2 Å². The van der Waals surface area contributed by atoms with E-state index in [-0.39, 0.29) is 47.4 Å². The summed E-state index contributed by atoms with van der Waals surface area (Å²) in [5.74, 6) is -13.5. The number of nitrogens with one attached hydrogen (secondary N) is 4. The summed E-state index contributed by atoms with van der Waals surface area (Å²) < 4.78 is 18.0. The number of esters is 2. The van der Waals surface area contributed by atoms with E-state index < -0.39 is 204 Å². The van der Waals surface area contributed by atoms with Crippen LogP contribution in [-0.4, -0.2) is 243 Å². The molecule has 30 nitrogen and oxygen atoms in total. The van der Waals surface area contributed by atoms with Gasteiger partial charge in [0.2, 0.25) is 52.7 Å². The molecule has 10 amide bonds. The molecule has 5 aliphatic heterocycles. The minimum absolute atomic E-state index is 0.0284. The highest BCUT2D eigenvalue weighted by molar-refractivity contribution is 6.10. The zero-order valence-corrected chi connectivity index (χ0v) is 53.9. The smallest absolute Gasteiger partial charge is 0.329 e. The number of amides is 10. The lowest BCUT2D eigenvalue weighted by atomic mass is 9.98. The molecule has 4 saturated heterocycles. The standard InChI is InChI=1S/C61H84N12O18/c1-25(2)41-57(84)72-20-16-17-34(72)56(83)68(12)22-37(76)70(14)31(10)60(87)90-36(24-74)45(55(82)64-41)67-53(80)39-40(62)49(78)30(9)51-46(39)63-44-33(19-18-28(7)50(44)91-51)52(79)66-43-32(11)89-61(88)47(27(5)6)71(15)38(77)23-69(13)59(86)48-35(75)21-29(8)73(48)58(85)42(26(3)4)65-54(43)81/h18-19,25-27,29,31-32,34-36,41-43,45,47-48,74-75H,16-17,20-24,62H2,1-15H3,(H,64,82)(H,65,81)(H,66,79)(H,67,80)/t29-,31-,32+,34-,35-,36+,41+,42+,43-,45-,47-,48-/m0/s1. The van der Waals surface area contributed by atoms with Crippen LogP contribution in [-0.2, 0) is 57.4 Å². The van der Waals surface area contributed by atoms with Crippen LogP contribution in [0.15, 0.2) is 21.3 Å². The molecule has 0 saturated carbocycles. The molecule has 6 aliphatic rings. The number of likely N-dealkylation sites (N-methyl/N-ethyl adjacent to an activating group) is 4. The summed E-state index contributed by atoms with van der Waals surface area (Å²) >= 11 is 0. The first kappa shape index (κ1) is 69.7. The molecule has 0 aromatic heterocycles. The molecule has 91 heavy (non-hydrogen) atoms. The van der Waals surface area contributed by atoms with Gasteiger partial charge in [0.15, 0.2) is 17.4 Å². The lowest BCUT2D eigenvalue weighted by molar-refractivity contribution is -0.163. The third-order valence-corrected chi connectivity index (χ3v) is 17.6. The molecule has 0 radical (unpaired) electrons. The van der Waals surface area contributed by atoms with Gasteiger partial charge in [0.25, 0.3) is 11.8 Å². The molecule has 8 N–H and O–H groups in total. The molecule has 7 rings (SSSR count). The second-order valence-electron chi connectivity index (χ2n) is 25.2. The van der Waals surface area contributed by atoms with E-state index in [0.717, 1.165) is 19.6 Å².